The van der Waals surface area contributed by atoms with Crippen LogP contribution in [0.15, 0.2) is 66.9 Å². The Morgan fingerprint density at radius 2 is 1.69 bits per heavy atom. The van der Waals surface area contributed by atoms with Gasteiger partial charge in [0.25, 0.3) is 0 Å². The van der Waals surface area contributed by atoms with E-state index >= 15 is 0 Å². The summed E-state index contributed by atoms with van der Waals surface area (Å²) in [7, 11) is -3.88. The van der Waals surface area contributed by atoms with Crippen LogP contribution in [0.5, 0.6) is 11.6 Å². The number of anilines is 1. The van der Waals surface area contributed by atoms with E-state index < -0.39 is 27.4 Å². The number of aromatic nitrogens is 4. The van der Waals surface area contributed by atoms with Gasteiger partial charge in [0.1, 0.15) is 17.4 Å². The molecule has 0 aliphatic rings. The minimum absolute atomic E-state index is 0.00208. The number of halogens is 2. The lowest BCUT2D eigenvalue weighted by Crippen LogP contribution is -2.15. The Hall–Kier alpha value is -3.86. The molecule has 0 aliphatic heterocycles. The largest absolute Gasteiger partial charge is 0.438 e. The Labute approximate surface area is 182 Å². The average molecular weight is 457 g/mol. The van der Waals surface area contributed by atoms with Crippen molar-refractivity contribution in [2.24, 2.45) is 0 Å². The van der Waals surface area contributed by atoms with Crippen molar-refractivity contribution in [3.63, 3.8) is 0 Å². The maximum atomic E-state index is 13.3. The molecule has 0 radical (unpaired) electrons. The molecule has 0 unspecified atom stereocenters. The van der Waals surface area contributed by atoms with Crippen molar-refractivity contribution in [1.82, 2.24) is 20.0 Å². The van der Waals surface area contributed by atoms with Crippen LogP contribution in [-0.2, 0) is 15.8 Å². The zero-order valence-electron chi connectivity index (χ0n) is 16.7. The van der Waals surface area contributed by atoms with Crippen molar-refractivity contribution in [2.45, 2.75) is 12.7 Å². The predicted octanol–water partition coefficient (Wildman–Crippen LogP) is 3.98. The van der Waals surface area contributed by atoms with Crippen LogP contribution in [0.25, 0.3) is 5.82 Å². The molecule has 0 aliphatic carbocycles. The molecule has 0 atom stereocenters. The topological polar surface area (TPSA) is 99.0 Å². The number of benzene rings is 2. The summed E-state index contributed by atoms with van der Waals surface area (Å²) >= 11 is 0. The van der Waals surface area contributed by atoms with Crippen molar-refractivity contribution in [3.8, 4) is 17.4 Å². The maximum absolute atomic E-state index is 13.3. The van der Waals surface area contributed by atoms with Crippen LogP contribution in [-0.4, -0.2) is 28.4 Å². The molecular formula is C21H17F2N5O3S. The van der Waals surface area contributed by atoms with Crippen LogP contribution in [0.2, 0.25) is 0 Å². The van der Waals surface area contributed by atoms with E-state index in [0.717, 1.165) is 17.8 Å². The number of hydrogen-bond donors (Lipinski definition) is 1. The molecule has 2 aromatic heterocycles. The van der Waals surface area contributed by atoms with Gasteiger partial charge >= 0.3 is 0 Å². The van der Waals surface area contributed by atoms with Crippen LogP contribution in [0, 0.1) is 18.6 Å². The van der Waals surface area contributed by atoms with Crippen molar-refractivity contribution in [1.29, 1.82) is 0 Å². The van der Waals surface area contributed by atoms with E-state index in [0.29, 0.717) is 17.6 Å². The normalized spacial score (nSPS) is 11.3. The smallest absolute Gasteiger partial charge is 0.238 e. The van der Waals surface area contributed by atoms with Gasteiger partial charge in [0.05, 0.1) is 11.4 Å². The minimum atomic E-state index is -3.88. The Morgan fingerprint density at radius 3 is 2.28 bits per heavy atom. The first-order valence-corrected chi connectivity index (χ1v) is 11.0. The molecule has 0 amide bonds. The molecule has 2 heterocycles. The second kappa shape index (κ2) is 8.71. The molecule has 32 heavy (non-hydrogen) atoms. The highest BCUT2D eigenvalue weighted by atomic mass is 32.2. The van der Waals surface area contributed by atoms with Crippen molar-refractivity contribution >= 4 is 15.7 Å². The van der Waals surface area contributed by atoms with Gasteiger partial charge in [-0.15, -0.1) is 10.2 Å². The van der Waals surface area contributed by atoms with Crippen molar-refractivity contribution in [2.75, 3.05) is 4.72 Å². The number of rotatable bonds is 7. The van der Waals surface area contributed by atoms with E-state index in [1.54, 1.807) is 35.1 Å². The molecule has 0 saturated heterocycles. The average Bonchev–Trinajstić information content (AvgIpc) is 3.15. The van der Waals surface area contributed by atoms with E-state index in [-0.39, 0.29) is 17.1 Å². The minimum Gasteiger partial charge on any atom is -0.438 e. The molecule has 0 saturated carbocycles. The Bertz CT molecular complexity index is 1320. The molecule has 11 heteroatoms. The van der Waals surface area contributed by atoms with Gasteiger partial charge < -0.3 is 4.74 Å². The summed E-state index contributed by atoms with van der Waals surface area (Å²) < 4.78 is 60.7. The lowest BCUT2D eigenvalue weighted by atomic mass is 10.2. The highest BCUT2D eigenvalue weighted by Crippen LogP contribution is 2.22. The van der Waals surface area contributed by atoms with Crippen LogP contribution in [0.4, 0.5) is 14.5 Å². The molecule has 4 aromatic rings. The lowest BCUT2D eigenvalue weighted by molar-refractivity contribution is 0.454. The standard InChI is InChI=1S/C21H17F2N5O3S/c1-14-8-9-28(26-14)20-6-7-21(25-24-20)31-19-4-2-18(3-5-19)27-32(29,30)13-15-10-16(22)12-17(23)11-15/h2-12,27H,13H2,1H3. The van der Waals surface area contributed by atoms with Gasteiger partial charge in [-0.1, -0.05) is 0 Å². The van der Waals surface area contributed by atoms with Gasteiger partial charge in [-0.2, -0.15) is 5.10 Å². The summed E-state index contributed by atoms with van der Waals surface area (Å²) in [5.41, 5.74) is 1.12. The van der Waals surface area contributed by atoms with Gasteiger partial charge in [-0.3, -0.25) is 4.72 Å². The zero-order valence-corrected chi connectivity index (χ0v) is 17.6. The van der Waals surface area contributed by atoms with Crippen LogP contribution in [0.1, 0.15) is 11.3 Å². The molecule has 8 nitrogen and oxygen atoms in total. The fourth-order valence-corrected chi connectivity index (χ4v) is 4.05. The van der Waals surface area contributed by atoms with Crippen LogP contribution >= 0.6 is 0 Å². The quantitative estimate of drug-likeness (QED) is 0.451. The molecular weight excluding hydrogens is 440 g/mol. The van der Waals surface area contributed by atoms with Gasteiger partial charge in [0.2, 0.25) is 15.9 Å². The molecule has 2 aromatic carbocycles. The molecule has 0 bridgehead atoms. The van der Waals surface area contributed by atoms with E-state index in [1.807, 2.05) is 13.0 Å². The fourth-order valence-electron chi connectivity index (χ4n) is 2.87. The molecule has 164 valence electrons. The monoisotopic (exact) mass is 457 g/mol. The number of nitrogens with zero attached hydrogens (tertiary/aromatic N) is 4. The first-order chi connectivity index (χ1) is 15.3. The molecule has 1 N–H and O–H groups in total. The number of nitrogens with one attached hydrogen (secondary N) is 1. The molecule has 4 rings (SSSR count). The van der Waals surface area contributed by atoms with Gasteiger partial charge in [-0.05, 0) is 61.0 Å². The van der Waals surface area contributed by atoms with E-state index in [9.17, 15) is 17.2 Å². The third-order valence-electron chi connectivity index (χ3n) is 4.21. The second-order valence-electron chi connectivity index (χ2n) is 6.90. The summed E-state index contributed by atoms with van der Waals surface area (Å²) in [6.07, 6.45) is 1.77. The number of aryl methyl sites for hydroxylation is 1. The number of ether oxygens (including phenoxy) is 1. The Balaban J connectivity index is 1.39. The Kier molecular flexibility index (Phi) is 5.82. The van der Waals surface area contributed by atoms with Crippen molar-refractivity contribution in [3.05, 3.63) is 89.8 Å². The number of sulfonamides is 1. The third-order valence-corrected chi connectivity index (χ3v) is 5.47. The molecule has 0 fully saturated rings. The SMILES string of the molecule is Cc1ccn(-c2ccc(Oc3ccc(NS(=O)(=O)Cc4cc(F)cc(F)c4)cc3)nn2)n1. The fraction of sp³-hybridized carbons (Fsp3) is 0.0952. The summed E-state index contributed by atoms with van der Waals surface area (Å²) in [5.74, 6) is -1.05. The van der Waals surface area contributed by atoms with Crippen molar-refractivity contribution < 1.29 is 21.9 Å². The van der Waals surface area contributed by atoms with E-state index in [4.69, 9.17) is 4.74 Å². The maximum Gasteiger partial charge on any atom is 0.238 e. The molecule has 0 spiro atoms. The zero-order chi connectivity index (χ0) is 22.7. The summed E-state index contributed by atoms with van der Waals surface area (Å²) in [5, 5.41) is 12.3. The number of hydrogen-bond acceptors (Lipinski definition) is 6. The highest BCUT2D eigenvalue weighted by molar-refractivity contribution is 7.91. The first-order valence-electron chi connectivity index (χ1n) is 9.35. The second-order valence-corrected chi connectivity index (χ2v) is 8.62. The van der Waals surface area contributed by atoms with Crippen LogP contribution in [0.3, 0.4) is 0 Å². The summed E-state index contributed by atoms with van der Waals surface area (Å²) in [4.78, 5) is 0. The first kappa shape index (κ1) is 21.4. The third kappa shape index (κ3) is 5.43. The summed E-state index contributed by atoms with van der Waals surface area (Å²) in [6, 6.07) is 13.9. The van der Waals surface area contributed by atoms with E-state index in [2.05, 4.69) is 20.0 Å². The van der Waals surface area contributed by atoms with E-state index in [1.165, 1.54) is 12.1 Å². The Morgan fingerprint density at radius 1 is 0.969 bits per heavy atom. The summed E-state index contributed by atoms with van der Waals surface area (Å²) in [6.45, 7) is 1.87. The predicted molar refractivity (Wildman–Crippen MR) is 113 cm³/mol. The van der Waals surface area contributed by atoms with Crippen LogP contribution < -0.4 is 9.46 Å². The van der Waals surface area contributed by atoms with Gasteiger partial charge in [0.15, 0.2) is 5.82 Å². The lowest BCUT2D eigenvalue weighted by Gasteiger charge is -2.10. The van der Waals surface area contributed by atoms with Gasteiger partial charge in [0, 0.05) is 24.0 Å². The van der Waals surface area contributed by atoms with Gasteiger partial charge in [-0.25, -0.2) is 21.9 Å². The highest BCUT2D eigenvalue weighted by Gasteiger charge is 2.14.